The minimum Gasteiger partial charge on any atom is -0.376 e. The highest BCUT2D eigenvalue weighted by Gasteiger charge is 2.37. The topological polar surface area (TPSA) is 98.3 Å². The number of nitrogens with one attached hydrogen (secondary N) is 1. The molecule has 0 radical (unpaired) electrons. The number of carbonyl (C=O) groups is 1. The molecule has 8 nitrogen and oxygen atoms in total. The Labute approximate surface area is 172 Å². The number of nitrogens with two attached hydrogens (primary N) is 1. The van der Waals surface area contributed by atoms with Gasteiger partial charge in [-0.05, 0) is 39.0 Å². The van der Waals surface area contributed by atoms with Crippen molar-refractivity contribution in [2.45, 2.75) is 69.3 Å². The van der Waals surface area contributed by atoms with Gasteiger partial charge >= 0.3 is 0 Å². The Balaban J connectivity index is 0.00000131. The van der Waals surface area contributed by atoms with Crippen LogP contribution in [-0.2, 0) is 4.74 Å². The zero-order valence-electron chi connectivity index (χ0n) is 15.6. The molecule has 10 heteroatoms. The molecule has 1 amide bonds. The second-order valence-electron chi connectivity index (χ2n) is 7.81. The van der Waals surface area contributed by atoms with Gasteiger partial charge in [0.05, 0.1) is 24.9 Å². The fraction of sp³-hybridized carbons (Fsp3) is 0.824. The minimum atomic E-state index is -0.127. The fourth-order valence-corrected chi connectivity index (χ4v) is 4.33. The summed E-state index contributed by atoms with van der Waals surface area (Å²) in [5.74, 6) is -0.127. The Morgan fingerprint density at radius 1 is 1.22 bits per heavy atom. The van der Waals surface area contributed by atoms with Crippen LogP contribution in [0.1, 0.15) is 55.6 Å². The molecule has 1 aliphatic carbocycles. The van der Waals surface area contributed by atoms with Crippen molar-refractivity contribution >= 4 is 30.7 Å². The predicted octanol–water partition coefficient (Wildman–Crippen LogP) is 1.16. The SMILES string of the molecule is C[C@@H]1CN2C[C@@H](NC(=O)c3cn(C4CCC(N)CC4)nn3)C[C@H]2CO1.Cl.Cl. The van der Waals surface area contributed by atoms with Crippen LogP contribution >= 0.6 is 24.8 Å². The largest absolute Gasteiger partial charge is 0.376 e. The van der Waals surface area contributed by atoms with Crippen LogP contribution in [0.4, 0.5) is 0 Å². The van der Waals surface area contributed by atoms with Crippen LogP contribution in [0.5, 0.6) is 0 Å². The zero-order valence-corrected chi connectivity index (χ0v) is 17.3. The smallest absolute Gasteiger partial charge is 0.273 e. The van der Waals surface area contributed by atoms with E-state index in [1.54, 1.807) is 6.20 Å². The highest BCUT2D eigenvalue weighted by molar-refractivity contribution is 5.92. The highest BCUT2D eigenvalue weighted by Crippen LogP contribution is 2.27. The van der Waals surface area contributed by atoms with Gasteiger partial charge in [-0.15, -0.1) is 29.9 Å². The molecule has 3 atom stereocenters. The molecule has 2 saturated heterocycles. The Morgan fingerprint density at radius 3 is 2.70 bits per heavy atom. The fourth-order valence-electron chi connectivity index (χ4n) is 4.33. The van der Waals surface area contributed by atoms with E-state index in [0.717, 1.165) is 51.8 Å². The lowest BCUT2D eigenvalue weighted by Gasteiger charge is -2.33. The summed E-state index contributed by atoms with van der Waals surface area (Å²) in [6, 6.07) is 1.19. The Morgan fingerprint density at radius 2 is 1.96 bits per heavy atom. The van der Waals surface area contributed by atoms with E-state index in [9.17, 15) is 4.79 Å². The van der Waals surface area contributed by atoms with Crippen LogP contribution in [-0.4, -0.2) is 69.7 Å². The van der Waals surface area contributed by atoms with Gasteiger partial charge in [0, 0.05) is 31.2 Å². The van der Waals surface area contributed by atoms with Crippen LogP contribution in [0.15, 0.2) is 6.20 Å². The maximum absolute atomic E-state index is 12.5. The minimum absolute atomic E-state index is 0. The lowest BCUT2D eigenvalue weighted by atomic mass is 9.92. The molecular formula is C17H30Cl2N6O2. The van der Waals surface area contributed by atoms with Crippen molar-refractivity contribution in [3.8, 4) is 0 Å². The van der Waals surface area contributed by atoms with E-state index in [-0.39, 0.29) is 42.9 Å². The second kappa shape index (κ2) is 9.52. The van der Waals surface area contributed by atoms with Crippen molar-refractivity contribution in [1.82, 2.24) is 25.2 Å². The van der Waals surface area contributed by atoms with Gasteiger partial charge in [-0.2, -0.15) is 0 Å². The van der Waals surface area contributed by atoms with Crippen LogP contribution in [0.2, 0.25) is 0 Å². The standard InChI is InChI=1S/C17H28N6O2.2ClH/c1-11-7-22-8-13(6-15(22)10-25-11)19-17(24)16-9-23(21-20-16)14-4-2-12(18)3-5-14;;/h9,11-15H,2-8,10,18H2,1H3,(H,19,24);2*1H/t11-,12?,13+,14?,15+;;/m1../s1. The number of hydrogen-bond donors (Lipinski definition) is 2. The van der Waals surface area contributed by atoms with Gasteiger partial charge in [0.15, 0.2) is 5.69 Å². The van der Waals surface area contributed by atoms with E-state index >= 15 is 0 Å². The third-order valence-electron chi connectivity index (χ3n) is 5.79. The van der Waals surface area contributed by atoms with Crippen molar-refractivity contribution in [2.75, 3.05) is 19.7 Å². The average Bonchev–Trinajstić information content (AvgIpc) is 3.21. The number of amides is 1. The van der Waals surface area contributed by atoms with Gasteiger partial charge in [0.25, 0.3) is 5.91 Å². The molecule has 3 heterocycles. The molecule has 1 aromatic rings. The van der Waals surface area contributed by atoms with Crippen LogP contribution < -0.4 is 11.1 Å². The summed E-state index contributed by atoms with van der Waals surface area (Å²) in [7, 11) is 0. The van der Waals surface area contributed by atoms with Crippen LogP contribution in [0, 0.1) is 0 Å². The summed E-state index contributed by atoms with van der Waals surface area (Å²) < 4.78 is 7.56. The van der Waals surface area contributed by atoms with Crippen LogP contribution in [0.25, 0.3) is 0 Å². The number of rotatable bonds is 3. The molecule has 3 aliphatic rings. The lowest BCUT2D eigenvalue weighted by Crippen LogP contribution is -2.45. The molecule has 1 aromatic heterocycles. The molecule has 2 aliphatic heterocycles. The van der Waals surface area contributed by atoms with Crippen molar-refractivity contribution in [3.05, 3.63) is 11.9 Å². The first kappa shape index (κ1) is 22.4. The molecular weight excluding hydrogens is 391 g/mol. The Hall–Kier alpha value is -0.930. The quantitative estimate of drug-likeness (QED) is 0.760. The normalized spacial score (nSPS) is 33.5. The number of nitrogens with zero attached hydrogens (tertiary/aromatic N) is 4. The van der Waals surface area contributed by atoms with Crippen molar-refractivity contribution in [3.63, 3.8) is 0 Å². The molecule has 3 fully saturated rings. The summed E-state index contributed by atoms with van der Waals surface area (Å²) in [6.45, 7) is 4.68. The first-order valence-electron chi connectivity index (χ1n) is 9.42. The van der Waals surface area contributed by atoms with E-state index in [1.807, 2.05) is 4.68 Å². The maximum atomic E-state index is 12.5. The number of ether oxygens (including phenoxy) is 1. The zero-order chi connectivity index (χ0) is 17.4. The number of halogens is 2. The highest BCUT2D eigenvalue weighted by atomic mass is 35.5. The van der Waals surface area contributed by atoms with E-state index < -0.39 is 0 Å². The molecule has 4 rings (SSSR count). The first-order valence-corrected chi connectivity index (χ1v) is 9.42. The number of aromatic nitrogens is 3. The summed E-state index contributed by atoms with van der Waals surface area (Å²) >= 11 is 0. The first-order chi connectivity index (χ1) is 12.1. The third-order valence-corrected chi connectivity index (χ3v) is 5.79. The molecule has 0 bridgehead atoms. The lowest BCUT2D eigenvalue weighted by molar-refractivity contribution is -0.0390. The number of hydrogen-bond acceptors (Lipinski definition) is 6. The molecule has 3 N–H and O–H groups in total. The summed E-state index contributed by atoms with van der Waals surface area (Å²) in [5, 5.41) is 11.4. The summed E-state index contributed by atoms with van der Waals surface area (Å²) in [4.78, 5) is 14.9. The maximum Gasteiger partial charge on any atom is 0.273 e. The van der Waals surface area contributed by atoms with Crippen molar-refractivity contribution in [1.29, 1.82) is 0 Å². The summed E-state index contributed by atoms with van der Waals surface area (Å²) in [6.07, 6.45) is 7.01. The van der Waals surface area contributed by atoms with E-state index in [2.05, 4.69) is 27.5 Å². The van der Waals surface area contributed by atoms with Gasteiger partial charge in [0.1, 0.15) is 0 Å². The van der Waals surface area contributed by atoms with E-state index in [4.69, 9.17) is 10.5 Å². The number of fused-ring (bicyclic) bond motifs is 1. The third kappa shape index (κ3) is 5.12. The Kier molecular flexibility index (Phi) is 7.88. The molecule has 0 spiro atoms. The molecule has 27 heavy (non-hydrogen) atoms. The predicted molar refractivity (Wildman–Crippen MR) is 107 cm³/mol. The second-order valence-corrected chi connectivity index (χ2v) is 7.81. The number of morpholine rings is 1. The Bertz CT molecular complexity index is 622. The molecule has 0 unspecified atom stereocenters. The summed E-state index contributed by atoms with van der Waals surface area (Å²) in [5.41, 5.74) is 6.36. The average molecular weight is 421 g/mol. The van der Waals surface area contributed by atoms with Crippen molar-refractivity contribution in [2.24, 2.45) is 5.73 Å². The van der Waals surface area contributed by atoms with Crippen LogP contribution in [0.3, 0.4) is 0 Å². The van der Waals surface area contributed by atoms with Gasteiger partial charge in [-0.3, -0.25) is 9.69 Å². The number of carbonyl (C=O) groups excluding carboxylic acids is 1. The van der Waals surface area contributed by atoms with Gasteiger partial charge < -0.3 is 15.8 Å². The van der Waals surface area contributed by atoms with E-state index in [1.165, 1.54) is 0 Å². The molecule has 0 aromatic carbocycles. The van der Waals surface area contributed by atoms with Gasteiger partial charge in [0.2, 0.25) is 0 Å². The monoisotopic (exact) mass is 420 g/mol. The van der Waals surface area contributed by atoms with Gasteiger partial charge in [-0.1, -0.05) is 5.21 Å². The van der Waals surface area contributed by atoms with E-state index in [0.29, 0.717) is 23.8 Å². The van der Waals surface area contributed by atoms with Crippen molar-refractivity contribution < 1.29 is 9.53 Å². The van der Waals surface area contributed by atoms with Gasteiger partial charge in [-0.25, -0.2) is 4.68 Å². The molecule has 1 saturated carbocycles. The molecule has 154 valence electrons.